The molecule has 1 N–H and O–H groups in total. The molecule has 0 aliphatic carbocycles. The highest BCUT2D eigenvalue weighted by atomic mass is 32.1. The van der Waals surface area contributed by atoms with E-state index in [9.17, 15) is 9.18 Å². The standard InChI is InChI=1S/C20H19FN2O2S/c21-16-3-4-17-15(10-16)11-18(26-17)20(24)23-19(13-5-8-25-9-6-13)14-2-1-7-22-12-14/h1-4,7,10-13,19H,5-6,8-9H2,(H,23,24). The third-order valence-corrected chi connectivity index (χ3v) is 5.88. The molecule has 1 fully saturated rings. The van der Waals surface area contributed by atoms with Gasteiger partial charge in [0, 0.05) is 30.3 Å². The van der Waals surface area contributed by atoms with Gasteiger partial charge in [-0.25, -0.2) is 4.39 Å². The zero-order valence-electron chi connectivity index (χ0n) is 14.2. The van der Waals surface area contributed by atoms with Crippen LogP contribution in [-0.4, -0.2) is 24.1 Å². The number of hydrogen-bond donors (Lipinski definition) is 1. The fourth-order valence-electron chi connectivity index (χ4n) is 3.42. The van der Waals surface area contributed by atoms with Crippen LogP contribution in [0.3, 0.4) is 0 Å². The molecule has 26 heavy (non-hydrogen) atoms. The van der Waals surface area contributed by atoms with Crippen LogP contribution < -0.4 is 5.32 Å². The summed E-state index contributed by atoms with van der Waals surface area (Å²) >= 11 is 1.38. The Bertz CT molecular complexity index is 907. The molecule has 0 radical (unpaired) electrons. The summed E-state index contributed by atoms with van der Waals surface area (Å²) in [5.41, 5.74) is 1.000. The van der Waals surface area contributed by atoms with Crippen LogP contribution in [0, 0.1) is 11.7 Å². The summed E-state index contributed by atoms with van der Waals surface area (Å²) in [6, 6.07) is 10.1. The molecule has 3 aromatic rings. The fourth-order valence-corrected chi connectivity index (χ4v) is 4.37. The van der Waals surface area contributed by atoms with Crippen LogP contribution in [0.1, 0.15) is 34.1 Å². The quantitative estimate of drug-likeness (QED) is 0.744. The highest BCUT2D eigenvalue weighted by Gasteiger charge is 2.28. The minimum absolute atomic E-state index is 0.109. The van der Waals surface area contributed by atoms with Gasteiger partial charge in [0.2, 0.25) is 0 Å². The molecular weight excluding hydrogens is 351 g/mol. The Balaban J connectivity index is 1.60. The number of fused-ring (bicyclic) bond motifs is 1. The minimum Gasteiger partial charge on any atom is -0.381 e. The molecule has 1 atom stereocenters. The van der Waals surface area contributed by atoms with Crippen LogP contribution in [0.2, 0.25) is 0 Å². The first-order chi connectivity index (χ1) is 12.7. The van der Waals surface area contributed by atoms with Crippen molar-refractivity contribution in [2.75, 3.05) is 13.2 Å². The van der Waals surface area contributed by atoms with Crippen LogP contribution in [0.4, 0.5) is 4.39 Å². The number of carbonyl (C=O) groups excluding carboxylic acids is 1. The second-order valence-electron chi connectivity index (χ2n) is 6.48. The van der Waals surface area contributed by atoms with E-state index in [0.29, 0.717) is 24.0 Å². The molecule has 0 saturated carbocycles. The fraction of sp³-hybridized carbons (Fsp3) is 0.300. The lowest BCUT2D eigenvalue weighted by Crippen LogP contribution is -2.35. The van der Waals surface area contributed by atoms with Gasteiger partial charge in [-0.05, 0) is 60.0 Å². The maximum atomic E-state index is 13.4. The van der Waals surface area contributed by atoms with Gasteiger partial charge in [0.15, 0.2) is 0 Å². The number of halogens is 1. The number of pyridine rings is 1. The Morgan fingerprint density at radius 1 is 1.27 bits per heavy atom. The average molecular weight is 370 g/mol. The second-order valence-corrected chi connectivity index (χ2v) is 7.56. The molecule has 1 aliphatic rings. The van der Waals surface area contributed by atoms with Gasteiger partial charge in [-0.2, -0.15) is 0 Å². The summed E-state index contributed by atoms with van der Waals surface area (Å²) in [5.74, 6) is -0.117. The summed E-state index contributed by atoms with van der Waals surface area (Å²) in [6.07, 6.45) is 5.34. The molecule has 4 rings (SSSR count). The normalized spacial score (nSPS) is 16.5. The zero-order valence-corrected chi connectivity index (χ0v) is 15.0. The van der Waals surface area contributed by atoms with Crippen molar-refractivity contribution in [2.24, 2.45) is 5.92 Å². The third-order valence-electron chi connectivity index (χ3n) is 4.77. The summed E-state index contributed by atoms with van der Waals surface area (Å²) in [5, 5.41) is 3.93. The van der Waals surface area contributed by atoms with Crippen LogP contribution in [0.15, 0.2) is 48.8 Å². The largest absolute Gasteiger partial charge is 0.381 e. The van der Waals surface area contributed by atoms with E-state index in [1.165, 1.54) is 23.5 Å². The molecule has 3 heterocycles. The zero-order chi connectivity index (χ0) is 17.9. The molecular formula is C20H19FN2O2S. The number of thiophene rings is 1. The van der Waals surface area contributed by atoms with Crippen LogP contribution in [-0.2, 0) is 4.74 Å². The molecule has 1 aromatic carbocycles. The number of rotatable bonds is 4. The average Bonchev–Trinajstić information content (AvgIpc) is 3.10. The Kier molecular flexibility index (Phi) is 4.95. The van der Waals surface area contributed by atoms with Gasteiger partial charge < -0.3 is 10.1 Å². The van der Waals surface area contributed by atoms with Crippen molar-refractivity contribution in [2.45, 2.75) is 18.9 Å². The molecule has 4 nitrogen and oxygen atoms in total. The molecule has 1 saturated heterocycles. The van der Waals surface area contributed by atoms with Crippen LogP contribution in [0.5, 0.6) is 0 Å². The highest BCUT2D eigenvalue weighted by molar-refractivity contribution is 7.20. The third kappa shape index (κ3) is 3.61. The molecule has 1 unspecified atom stereocenters. The van der Waals surface area contributed by atoms with Crippen molar-refractivity contribution < 1.29 is 13.9 Å². The Hall–Kier alpha value is -2.31. The highest BCUT2D eigenvalue weighted by Crippen LogP contribution is 2.31. The van der Waals surface area contributed by atoms with E-state index in [1.54, 1.807) is 24.5 Å². The number of amides is 1. The minimum atomic E-state index is -0.294. The predicted octanol–water partition coefficient (Wildman–Crippen LogP) is 4.33. The van der Waals surface area contributed by atoms with Crippen LogP contribution in [0.25, 0.3) is 10.1 Å². The summed E-state index contributed by atoms with van der Waals surface area (Å²) in [4.78, 5) is 17.7. The Morgan fingerprint density at radius 2 is 2.12 bits per heavy atom. The smallest absolute Gasteiger partial charge is 0.261 e. The summed E-state index contributed by atoms with van der Waals surface area (Å²) in [6.45, 7) is 1.42. The maximum absolute atomic E-state index is 13.4. The predicted molar refractivity (Wildman–Crippen MR) is 99.8 cm³/mol. The molecule has 0 spiro atoms. The maximum Gasteiger partial charge on any atom is 0.261 e. The monoisotopic (exact) mass is 370 g/mol. The number of benzene rings is 1. The van der Waals surface area contributed by atoms with Crippen molar-refractivity contribution >= 4 is 27.3 Å². The van der Waals surface area contributed by atoms with Gasteiger partial charge in [-0.15, -0.1) is 11.3 Å². The van der Waals surface area contributed by atoms with E-state index < -0.39 is 0 Å². The first-order valence-electron chi connectivity index (χ1n) is 8.68. The van der Waals surface area contributed by atoms with E-state index in [0.717, 1.165) is 28.5 Å². The van der Waals surface area contributed by atoms with Crippen molar-refractivity contribution in [3.05, 3.63) is 65.0 Å². The SMILES string of the molecule is O=C(NC(c1cccnc1)C1CCOCC1)c1cc2cc(F)ccc2s1. The van der Waals surface area contributed by atoms with Gasteiger partial charge in [0.1, 0.15) is 5.82 Å². The number of nitrogens with one attached hydrogen (secondary N) is 1. The van der Waals surface area contributed by atoms with Gasteiger partial charge in [-0.1, -0.05) is 6.07 Å². The molecule has 1 amide bonds. The van der Waals surface area contributed by atoms with Crippen molar-refractivity contribution in [1.82, 2.24) is 10.3 Å². The second kappa shape index (κ2) is 7.51. The number of nitrogens with zero attached hydrogens (tertiary/aromatic N) is 1. The Morgan fingerprint density at radius 3 is 2.88 bits per heavy atom. The number of ether oxygens (including phenoxy) is 1. The van der Waals surface area contributed by atoms with E-state index in [-0.39, 0.29) is 17.8 Å². The number of hydrogen-bond acceptors (Lipinski definition) is 4. The molecule has 1 aliphatic heterocycles. The van der Waals surface area contributed by atoms with Gasteiger partial charge in [0.05, 0.1) is 10.9 Å². The molecule has 0 bridgehead atoms. The molecule has 134 valence electrons. The number of carbonyl (C=O) groups is 1. The van der Waals surface area contributed by atoms with E-state index in [1.807, 2.05) is 12.1 Å². The van der Waals surface area contributed by atoms with E-state index in [4.69, 9.17) is 4.74 Å². The Labute approximate surface area is 155 Å². The van der Waals surface area contributed by atoms with Gasteiger partial charge >= 0.3 is 0 Å². The lowest BCUT2D eigenvalue weighted by atomic mass is 9.87. The van der Waals surface area contributed by atoms with E-state index in [2.05, 4.69) is 10.3 Å². The van der Waals surface area contributed by atoms with Gasteiger partial charge in [-0.3, -0.25) is 9.78 Å². The van der Waals surface area contributed by atoms with Crippen molar-refractivity contribution in [3.8, 4) is 0 Å². The summed E-state index contributed by atoms with van der Waals surface area (Å²) < 4.78 is 19.8. The van der Waals surface area contributed by atoms with E-state index >= 15 is 0 Å². The summed E-state index contributed by atoms with van der Waals surface area (Å²) in [7, 11) is 0. The topological polar surface area (TPSA) is 51.2 Å². The first-order valence-corrected chi connectivity index (χ1v) is 9.50. The van der Waals surface area contributed by atoms with Crippen molar-refractivity contribution in [1.29, 1.82) is 0 Å². The lowest BCUT2D eigenvalue weighted by molar-refractivity contribution is 0.0514. The molecule has 6 heteroatoms. The first kappa shape index (κ1) is 17.1. The van der Waals surface area contributed by atoms with Crippen LogP contribution >= 0.6 is 11.3 Å². The number of aromatic nitrogens is 1. The molecule has 2 aromatic heterocycles. The lowest BCUT2D eigenvalue weighted by Gasteiger charge is -2.31. The van der Waals surface area contributed by atoms with Gasteiger partial charge in [0.25, 0.3) is 5.91 Å². The van der Waals surface area contributed by atoms with Crippen molar-refractivity contribution in [3.63, 3.8) is 0 Å².